The largest absolute Gasteiger partial charge is 0.343 e. The summed E-state index contributed by atoms with van der Waals surface area (Å²) in [6, 6.07) is 5.12. The third-order valence-corrected chi connectivity index (χ3v) is 2.76. The monoisotopic (exact) mass is 234 g/mol. The highest BCUT2D eigenvalue weighted by molar-refractivity contribution is 6.08. The zero-order valence-corrected chi connectivity index (χ0v) is 10.5. The molecule has 0 bridgehead atoms. The van der Waals surface area contributed by atoms with Crippen molar-refractivity contribution >= 4 is 11.7 Å². The van der Waals surface area contributed by atoms with Crippen LogP contribution in [0.3, 0.4) is 0 Å². The molecule has 1 amide bonds. The summed E-state index contributed by atoms with van der Waals surface area (Å²) in [6.45, 7) is 6.68. The summed E-state index contributed by atoms with van der Waals surface area (Å²) in [5, 5.41) is 0. The van der Waals surface area contributed by atoms with Crippen molar-refractivity contribution < 1.29 is 9.59 Å². The molecule has 17 heavy (non-hydrogen) atoms. The lowest BCUT2D eigenvalue weighted by Crippen LogP contribution is -2.38. The standard InChI is InChI=1S/C13H18N2O2/c1-4-15(5-2)13(17)10(3)12(16)11-8-6-7-9-14-11/h6-10H,4-5H2,1-3H3. The van der Waals surface area contributed by atoms with Crippen molar-refractivity contribution in [2.45, 2.75) is 20.8 Å². The van der Waals surface area contributed by atoms with Gasteiger partial charge in [-0.25, -0.2) is 0 Å². The molecule has 0 N–H and O–H groups in total. The van der Waals surface area contributed by atoms with Gasteiger partial charge >= 0.3 is 0 Å². The highest BCUT2D eigenvalue weighted by Crippen LogP contribution is 2.09. The van der Waals surface area contributed by atoms with Crippen LogP contribution < -0.4 is 0 Å². The van der Waals surface area contributed by atoms with Crippen LogP contribution in [-0.2, 0) is 4.79 Å². The van der Waals surface area contributed by atoms with Crippen molar-refractivity contribution in [1.82, 2.24) is 9.88 Å². The van der Waals surface area contributed by atoms with Gasteiger partial charge in [0.2, 0.25) is 5.91 Å². The summed E-state index contributed by atoms with van der Waals surface area (Å²) < 4.78 is 0. The average Bonchev–Trinajstić information content (AvgIpc) is 2.39. The summed E-state index contributed by atoms with van der Waals surface area (Å²) in [7, 11) is 0. The smallest absolute Gasteiger partial charge is 0.233 e. The van der Waals surface area contributed by atoms with Crippen LogP contribution in [0.4, 0.5) is 0 Å². The lowest BCUT2D eigenvalue weighted by atomic mass is 10.0. The van der Waals surface area contributed by atoms with E-state index in [1.165, 1.54) is 0 Å². The SMILES string of the molecule is CCN(CC)C(=O)C(C)C(=O)c1ccccn1. The molecule has 0 saturated heterocycles. The van der Waals surface area contributed by atoms with Crippen LogP contribution in [0.5, 0.6) is 0 Å². The molecular formula is C13H18N2O2. The zero-order valence-electron chi connectivity index (χ0n) is 10.5. The van der Waals surface area contributed by atoms with Crippen molar-refractivity contribution in [2.75, 3.05) is 13.1 Å². The number of hydrogen-bond donors (Lipinski definition) is 0. The van der Waals surface area contributed by atoms with Crippen LogP contribution >= 0.6 is 0 Å². The van der Waals surface area contributed by atoms with Crippen molar-refractivity contribution in [3.63, 3.8) is 0 Å². The van der Waals surface area contributed by atoms with Gasteiger partial charge in [-0.1, -0.05) is 6.07 Å². The molecule has 1 unspecified atom stereocenters. The van der Waals surface area contributed by atoms with E-state index in [1.807, 2.05) is 13.8 Å². The maximum atomic E-state index is 12.0. The van der Waals surface area contributed by atoms with Crippen molar-refractivity contribution in [3.8, 4) is 0 Å². The summed E-state index contributed by atoms with van der Waals surface area (Å²) in [6.07, 6.45) is 1.56. The molecule has 4 nitrogen and oxygen atoms in total. The van der Waals surface area contributed by atoms with Crippen LogP contribution in [-0.4, -0.2) is 34.7 Å². The van der Waals surface area contributed by atoms with Crippen LogP contribution in [0.25, 0.3) is 0 Å². The normalized spacial score (nSPS) is 11.9. The van der Waals surface area contributed by atoms with Crippen LogP contribution in [0.2, 0.25) is 0 Å². The Labute approximate surface area is 102 Å². The van der Waals surface area contributed by atoms with E-state index in [0.29, 0.717) is 18.8 Å². The molecule has 0 aliphatic carbocycles. The second-order valence-electron chi connectivity index (χ2n) is 3.81. The van der Waals surface area contributed by atoms with E-state index in [-0.39, 0.29) is 11.7 Å². The number of hydrogen-bond acceptors (Lipinski definition) is 3. The van der Waals surface area contributed by atoms with E-state index in [2.05, 4.69) is 4.98 Å². The Kier molecular flexibility index (Phi) is 4.82. The molecule has 1 aromatic heterocycles. The maximum Gasteiger partial charge on any atom is 0.233 e. The summed E-state index contributed by atoms with van der Waals surface area (Å²) in [4.78, 5) is 29.6. The van der Waals surface area contributed by atoms with Gasteiger partial charge in [0, 0.05) is 19.3 Å². The molecule has 0 radical (unpaired) electrons. The van der Waals surface area contributed by atoms with Gasteiger partial charge in [-0.05, 0) is 32.9 Å². The van der Waals surface area contributed by atoms with E-state index in [9.17, 15) is 9.59 Å². The van der Waals surface area contributed by atoms with E-state index in [1.54, 1.807) is 36.2 Å². The first kappa shape index (κ1) is 13.4. The Balaban J connectivity index is 2.80. The third-order valence-electron chi connectivity index (χ3n) is 2.76. The molecule has 0 aromatic carbocycles. The lowest BCUT2D eigenvalue weighted by molar-refractivity contribution is -0.133. The number of carbonyl (C=O) groups is 2. The van der Waals surface area contributed by atoms with Gasteiger partial charge in [-0.2, -0.15) is 0 Å². The first-order chi connectivity index (χ1) is 8.11. The Hall–Kier alpha value is -1.71. The number of aromatic nitrogens is 1. The van der Waals surface area contributed by atoms with E-state index >= 15 is 0 Å². The number of rotatable bonds is 5. The molecule has 0 aliphatic rings. The molecule has 4 heteroatoms. The fourth-order valence-electron chi connectivity index (χ4n) is 1.65. The molecule has 0 aliphatic heterocycles. The molecule has 0 saturated carbocycles. The summed E-state index contributed by atoms with van der Waals surface area (Å²) in [5.74, 6) is -1.02. The highest BCUT2D eigenvalue weighted by Gasteiger charge is 2.26. The Morgan fingerprint density at radius 2 is 1.94 bits per heavy atom. The quantitative estimate of drug-likeness (QED) is 0.576. The van der Waals surface area contributed by atoms with Gasteiger partial charge in [0.15, 0.2) is 5.78 Å². The first-order valence-corrected chi connectivity index (χ1v) is 5.85. The van der Waals surface area contributed by atoms with Crippen molar-refractivity contribution in [2.24, 2.45) is 5.92 Å². The van der Waals surface area contributed by atoms with Gasteiger partial charge in [-0.15, -0.1) is 0 Å². The van der Waals surface area contributed by atoms with Gasteiger partial charge < -0.3 is 4.90 Å². The number of amides is 1. The number of nitrogens with zero attached hydrogens (tertiary/aromatic N) is 2. The third kappa shape index (κ3) is 3.12. The topological polar surface area (TPSA) is 50.3 Å². The Morgan fingerprint density at radius 3 is 2.41 bits per heavy atom. The predicted molar refractivity (Wildman–Crippen MR) is 65.7 cm³/mol. The summed E-state index contributed by atoms with van der Waals surface area (Å²) >= 11 is 0. The van der Waals surface area contributed by atoms with Crippen molar-refractivity contribution in [1.29, 1.82) is 0 Å². The summed E-state index contributed by atoms with van der Waals surface area (Å²) in [5.41, 5.74) is 0.348. The molecule has 0 spiro atoms. The molecule has 1 rings (SSSR count). The fourth-order valence-corrected chi connectivity index (χ4v) is 1.65. The van der Waals surface area contributed by atoms with Gasteiger partial charge in [0.1, 0.15) is 11.6 Å². The minimum Gasteiger partial charge on any atom is -0.343 e. The van der Waals surface area contributed by atoms with Gasteiger partial charge in [0.25, 0.3) is 0 Å². The zero-order chi connectivity index (χ0) is 12.8. The van der Waals surface area contributed by atoms with E-state index in [0.717, 1.165) is 0 Å². The van der Waals surface area contributed by atoms with Crippen LogP contribution in [0, 0.1) is 5.92 Å². The minimum absolute atomic E-state index is 0.134. The average molecular weight is 234 g/mol. The predicted octanol–water partition coefficient (Wildman–Crippen LogP) is 1.77. The molecule has 1 atom stereocenters. The van der Waals surface area contributed by atoms with Gasteiger partial charge in [0.05, 0.1) is 0 Å². The molecule has 92 valence electrons. The number of Topliss-reactive ketones (excluding diaryl/α,β-unsaturated/α-hetero) is 1. The van der Waals surface area contributed by atoms with Gasteiger partial charge in [-0.3, -0.25) is 14.6 Å². The molecular weight excluding hydrogens is 216 g/mol. The van der Waals surface area contributed by atoms with E-state index < -0.39 is 5.92 Å². The van der Waals surface area contributed by atoms with Crippen LogP contribution in [0.15, 0.2) is 24.4 Å². The number of ketones is 1. The minimum atomic E-state index is -0.662. The Bertz CT molecular complexity index is 386. The first-order valence-electron chi connectivity index (χ1n) is 5.85. The molecule has 1 aromatic rings. The highest BCUT2D eigenvalue weighted by atomic mass is 16.2. The lowest BCUT2D eigenvalue weighted by Gasteiger charge is -2.21. The van der Waals surface area contributed by atoms with E-state index in [4.69, 9.17) is 0 Å². The van der Waals surface area contributed by atoms with Crippen molar-refractivity contribution in [3.05, 3.63) is 30.1 Å². The maximum absolute atomic E-state index is 12.0. The molecule has 0 fully saturated rings. The number of pyridine rings is 1. The second kappa shape index (κ2) is 6.13. The van der Waals surface area contributed by atoms with Crippen LogP contribution in [0.1, 0.15) is 31.3 Å². The Morgan fingerprint density at radius 1 is 1.29 bits per heavy atom. The molecule has 1 heterocycles. The fraction of sp³-hybridized carbons (Fsp3) is 0.462. The number of carbonyl (C=O) groups excluding carboxylic acids is 2. The second-order valence-corrected chi connectivity index (χ2v) is 3.81.